The highest BCUT2D eigenvalue weighted by molar-refractivity contribution is 9.10. The van der Waals surface area contributed by atoms with Gasteiger partial charge in [0.05, 0.1) is 18.2 Å². The minimum Gasteiger partial charge on any atom is -0.493 e. The summed E-state index contributed by atoms with van der Waals surface area (Å²) in [5.74, 6) is 1.14. The van der Waals surface area contributed by atoms with Gasteiger partial charge in [-0.3, -0.25) is 9.69 Å². The summed E-state index contributed by atoms with van der Waals surface area (Å²) in [6, 6.07) is 3.70. The predicted molar refractivity (Wildman–Crippen MR) is 97.6 cm³/mol. The Kier molecular flexibility index (Phi) is 6.01. The molecule has 1 amide bonds. The van der Waals surface area contributed by atoms with Crippen LogP contribution in [-0.4, -0.2) is 36.2 Å². The van der Waals surface area contributed by atoms with Crippen LogP contribution in [0.5, 0.6) is 11.5 Å². The molecule has 0 unspecified atom stereocenters. The summed E-state index contributed by atoms with van der Waals surface area (Å²) in [4.78, 5) is 13.9. The number of ether oxygens (including phenoxy) is 2. The average Bonchev–Trinajstić information content (AvgIpc) is 2.77. The van der Waals surface area contributed by atoms with Crippen LogP contribution >= 0.6 is 28.1 Å². The quantitative estimate of drug-likeness (QED) is 0.588. The Morgan fingerprint density at radius 1 is 1.39 bits per heavy atom. The summed E-state index contributed by atoms with van der Waals surface area (Å²) in [5, 5.41) is 3.41. The molecule has 1 N–H and O–H groups in total. The lowest BCUT2D eigenvalue weighted by Gasteiger charge is -2.12. The molecule has 1 aromatic carbocycles. The standard InChI is InChI=1S/C16H19BrN2O3S/c1-4-6-19-15(20)12(18-16(19)23)8-10-7-11(17)14(22-5-2)13(9-10)21-3/h7-9H,4-6H2,1-3H3,(H,18,23)/b12-8-. The molecular formula is C16H19BrN2O3S. The number of nitrogens with zero attached hydrogens (tertiary/aromatic N) is 1. The molecule has 0 radical (unpaired) electrons. The van der Waals surface area contributed by atoms with Crippen molar-refractivity contribution in [1.82, 2.24) is 10.2 Å². The monoisotopic (exact) mass is 398 g/mol. The van der Waals surface area contributed by atoms with E-state index in [0.717, 1.165) is 16.5 Å². The summed E-state index contributed by atoms with van der Waals surface area (Å²) in [7, 11) is 1.58. The van der Waals surface area contributed by atoms with Gasteiger partial charge in [-0.1, -0.05) is 6.92 Å². The molecule has 0 saturated carbocycles. The zero-order chi connectivity index (χ0) is 17.0. The van der Waals surface area contributed by atoms with Crippen LogP contribution in [0.1, 0.15) is 25.8 Å². The van der Waals surface area contributed by atoms with E-state index in [1.807, 2.05) is 26.0 Å². The second kappa shape index (κ2) is 7.79. The van der Waals surface area contributed by atoms with Crippen molar-refractivity contribution in [3.05, 3.63) is 27.9 Å². The van der Waals surface area contributed by atoms with Crippen molar-refractivity contribution < 1.29 is 14.3 Å². The highest BCUT2D eigenvalue weighted by Gasteiger charge is 2.29. The van der Waals surface area contributed by atoms with Gasteiger partial charge in [0.1, 0.15) is 5.70 Å². The third-order valence-corrected chi connectivity index (χ3v) is 4.17. The number of benzene rings is 1. The summed E-state index contributed by atoms with van der Waals surface area (Å²) >= 11 is 8.68. The Hall–Kier alpha value is -1.60. The molecule has 124 valence electrons. The maximum Gasteiger partial charge on any atom is 0.276 e. The second-order valence-electron chi connectivity index (χ2n) is 4.91. The smallest absolute Gasteiger partial charge is 0.276 e. The SMILES string of the molecule is CCCN1C(=O)/C(=C/c2cc(Br)c(OCC)c(OC)c2)NC1=S. The lowest BCUT2D eigenvalue weighted by Crippen LogP contribution is -2.31. The molecule has 0 aliphatic carbocycles. The van der Waals surface area contributed by atoms with Gasteiger partial charge in [0.15, 0.2) is 16.6 Å². The van der Waals surface area contributed by atoms with Gasteiger partial charge in [0, 0.05) is 6.54 Å². The molecule has 1 aliphatic heterocycles. The van der Waals surface area contributed by atoms with E-state index in [4.69, 9.17) is 21.7 Å². The fourth-order valence-electron chi connectivity index (χ4n) is 2.27. The van der Waals surface area contributed by atoms with Gasteiger partial charge < -0.3 is 14.8 Å². The lowest BCUT2D eigenvalue weighted by atomic mass is 10.1. The number of carbonyl (C=O) groups is 1. The van der Waals surface area contributed by atoms with Gasteiger partial charge in [-0.15, -0.1) is 0 Å². The maximum atomic E-state index is 12.4. The first kappa shape index (κ1) is 17.7. The fraction of sp³-hybridized carbons (Fsp3) is 0.375. The van der Waals surface area contributed by atoms with E-state index in [0.29, 0.717) is 35.5 Å². The molecule has 5 nitrogen and oxygen atoms in total. The Labute approximate surface area is 149 Å². The van der Waals surface area contributed by atoms with E-state index >= 15 is 0 Å². The minimum absolute atomic E-state index is 0.110. The maximum absolute atomic E-state index is 12.4. The minimum atomic E-state index is -0.110. The van der Waals surface area contributed by atoms with Gasteiger partial charge in [-0.2, -0.15) is 0 Å². The zero-order valence-corrected chi connectivity index (χ0v) is 15.7. The molecule has 1 heterocycles. The molecule has 1 saturated heterocycles. The number of methoxy groups -OCH3 is 1. The van der Waals surface area contributed by atoms with Crippen LogP contribution in [0.15, 0.2) is 22.3 Å². The molecule has 0 bridgehead atoms. The lowest BCUT2D eigenvalue weighted by molar-refractivity contribution is -0.122. The van der Waals surface area contributed by atoms with E-state index in [1.54, 1.807) is 18.1 Å². The second-order valence-corrected chi connectivity index (χ2v) is 6.15. The van der Waals surface area contributed by atoms with Crippen molar-refractivity contribution in [1.29, 1.82) is 0 Å². The molecule has 7 heteroatoms. The van der Waals surface area contributed by atoms with E-state index in [2.05, 4.69) is 21.2 Å². The largest absolute Gasteiger partial charge is 0.493 e. The van der Waals surface area contributed by atoms with Crippen LogP contribution in [0.4, 0.5) is 0 Å². The summed E-state index contributed by atoms with van der Waals surface area (Å²) in [6.45, 7) is 5.06. The Morgan fingerprint density at radius 3 is 2.74 bits per heavy atom. The van der Waals surface area contributed by atoms with Crippen molar-refractivity contribution >= 4 is 45.2 Å². The van der Waals surface area contributed by atoms with Crippen molar-refractivity contribution in [3.8, 4) is 11.5 Å². The van der Waals surface area contributed by atoms with E-state index in [1.165, 1.54) is 0 Å². The number of thiocarbonyl (C=S) groups is 1. The summed E-state index contributed by atoms with van der Waals surface area (Å²) in [5.41, 5.74) is 1.27. The van der Waals surface area contributed by atoms with Gasteiger partial charge in [0.2, 0.25) is 0 Å². The first-order valence-corrected chi connectivity index (χ1v) is 8.56. The molecule has 1 aliphatic rings. The molecule has 1 aromatic rings. The Bertz CT molecular complexity index is 661. The molecule has 2 rings (SSSR count). The van der Waals surface area contributed by atoms with Crippen LogP contribution in [0.3, 0.4) is 0 Å². The average molecular weight is 399 g/mol. The molecule has 0 aromatic heterocycles. The van der Waals surface area contributed by atoms with Crippen molar-refractivity contribution in [2.24, 2.45) is 0 Å². The van der Waals surface area contributed by atoms with E-state index in [-0.39, 0.29) is 5.91 Å². The van der Waals surface area contributed by atoms with Crippen LogP contribution < -0.4 is 14.8 Å². The van der Waals surface area contributed by atoms with Crippen molar-refractivity contribution in [2.45, 2.75) is 20.3 Å². The van der Waals surface area contributed by atoms with Crippen LogP contribution in [0, 0.1) is 0 Å². The molecule has 1 fully saturated rings. The molecule has 0 atom stereocenters. The highest BCUT2D eigenvalue weighted by Crippen LogP contribution is 2.37. The van der Waals surface area contributed by atoms with Gasteiger partial charge in [0.25, 0.3) is 5.91 Å². The number of rotatable bonds is 6. The fourth-order valence-corrected chi connectivity index (χ4v) is 3.13. The van der Waals surface area contributed by atoms with Gasteiger partial charge in [-0.25, -0.2) is 0 Å². The Morgan fingerprint density at radius 2 is 2.13 bits per heavy atom. The number of carbonyl (C=O) groups excluding carboxylic acids is 1. The first-order chi connectivity index (χ1) is 11.0. The third-order valence-electron chi connectivity index (χ3n) is 3.26. The highest BCUT2D eigenvalue weighted by atomic mass is 79.9. The number of halogens is 1. The number of hydrogen-bond donors (Lipinski definition) is 1. The van der Waals surface area contributed by atoms with Gasteiger partial charge >= 0.3 is 0 Å². The summed E-state index contributed by atoms with van der Waals surface area (Å²) in [6.07, 6.45) is 2.61. The van der Waals surface area contributed by atoms with E-state index in [9.17, 15) is 4.79 Å². The topological polar surface area (TPSA) is 50.8 Å². The zero-order valence-electron chi connectivity index (χ0n) is 13.3. The number of hydrogen-bond acceptors (Lipinski definition) is 4. The van der Waals surface area contributed by atoms with Gasteiger partial charge in [-0.05, 0) is 65.3 Å². The molecule has 0 spiro atoms. The van der Waals surface area contributed by atoms with Crippen LogP contribution in [0.25, 0.3) is 6.08 Å². The first-order valence-electron chi connectivity index (χ1n) is 7.36. The van der Waals surface area contributed by atoms with Crippen molar-refractivity contribution in [2.75, 3.05) is 20.3 Å². The number of nitrogens with one attached hydrogen (secondary N) is 1. The molecular weight excluding hydrogens is 380 g/mol. The Balaban J connectivity index is 2.34. The number of amides is 1. The van der Waals surface area contributed by atoms with Crippen molar-refractivity contribution in [3.63, 3.8) is 0 Å². The van der Waals surface area contributed by atoms with E-state index < -0.39 is 0 Å². The molecule has 23 heavy (non-hydrogen) atoms. The normalized spacial score (nSPS) is 16.0. The third kappa shape index (κ3) is 3.84. The summed E-state index contributed by atoms with van der Waals surface area (Å²) < 4.78 is 11.7. The van der Waals surface area contributed by atoms with Crippen LogP contribution in [0.2, 0.25) is 0 Å². The van der Waals surface area contributed by atoms with Crippen LogP contribution in [-0.2, 0) is 4.79 Å². The predicted octanol–water partition coefficient (Wildman–Crippen LogP) is 3.32.